The molecule has 1 aliphatic rings. The van der Waals surface area contributed by atoms with Gasteiger partial charge < -0.3 is 10.5 Å². The number of allylic oxidation sites excluding steroid dienone is 2. The molecule has 2 N–H and O–H groups in total. The Bertz CT molecular complexity index is 721. The summed E-state index contributed by atoms with van der Waals surface area (Å²) in [5.41, 5.74) is 6.53. The Balaban J connectivity index is 1.94. The minimum absolute atomic E-state index is 0.109. The quantitative estimate of drug-likeness (QED) is 0.674. The highest BCUT2D eigenvalue weighted by molar-refractivity contribution is 6.03. The summed E-state index contributed by atoms with van der Waals surface area (Å²) in [5, 5.41) is 0.728. The second-order valence-corrected chi connectivity index (χ2v) is 5.23. The molecule has 0 unspecified atom stereocenters. The highest BCUT2D eigenvalue weighted by Gasteiger charge is 2.22. The Hall–Kier alpha value is -2.43. The zero-order valence-electron chi connectivity index (χ0n) is 11.9. The van der Waals surface area contributed by atoms with Gasteiger partial charge in [-0.25, -0.2) is 9.97 Å². The van der Waals surface area contributed by atoms with E-state index in [9.17, 15) is 4.79 Å². The Kier molecular flexibility index (Phi) is 3.56. The number of aromatic nitrogens is 2. The van der Waals surface area contributed by atoms with Crippen molar-refractivity contribution in [2.45, 2.75) is 19.8 Å². The SMILES string of the molecule is C/C=C/C(=O)c1nc(N)c2ccc(OCC3CC3)cc2n1. The highest BCUT2D eigenvalue weighted by Crippen LogP contribution is 2.30. The molecule has 1 aliphatic carbocycles. The lowest BCUT2D eigenvalue weighted by Crippen LogP contribution is -2.06. The number of nitrogens with two attached hydrogens (primary N) is 1. The van der Waals surface area contributed by atoms with Gasteiger partial charge in [0.05, 0.1) is 12.1 Å². The number of hydrogen-bond donors (Lipinski definition) is 1. The van der Waals surface area contributed by atoms with E-state index in [2.05, 4.69) is 9.97 Å². The van der Waals surface area contributed by atoms with Crippen molar-refractivity contribution in [3.8, 4) is 5.75 Å². The first-order valence-electron chi connectivity index (χ1n) is 7.04. The van der Waals surface area contributed by atoms with Crippen LogP contribution in [0.4, 0.5) is 5.82 Å². The normalized spacial score (nSPS) is 14.7. The number of rotatable bonds is 5. The van der Waals surface area contributed by atoms with Crippen LogP contribution in [0.15, 0.2) is 30.4 Å². The number of hydrogen-bond acceptors (Lipinski definition) is 5. The minimum atomic E-state index is -0.254. The zero-order chi connectivity index (χ0) is 14.8. The second-order valence-electron chi connectivity index (χ2n) is 5.23. The fourth-order valence-electron chi connectivity index (χ4n) is 2.06. The number of ether oxygens (including phenoxy) is 1. The van der Waals surface area contributed by atoms with E-state index >= 15 is 0 Å². The number of carbonyl (C=O) groups excluding carboxylic acids is 1. The summed E-state index contributed by atoms with van der Waals surface area (Å²) in [4.78, 5) is 20.2. The largest absolute Gasteiger partial charge is 0.493 e. The standard InChI is InChI=1S/C16H17N3O2/c1-2-3-14(20)16-18-13-8-11(21-9-10-4-5-10)6-7-12(13)15(17)19-16/h2-3,6-8,10H,4-5,9H2,1H3,(H2,17,18,19)/b3-2+. The lowest BCUT2D eigenvalue weighted by atomic mass is 10.2. The average Bonchev–Trinajstić information content (AvgIpc) is 3.29. The average molecular weight is 283 g/mol. The molecular formula is C16H17N3O2. The second kappa shape index (κ2) is 5.52. The molecule has 0 radical (unpaired) electrons. The number of ketones is 1. The van der Waals surface area contributed by atoms with E-state index < -0.39 is 0 Å². The van der Waals surface area contributed by atoms with Crippen LogP contribution in [-0.2, 0) is 0 Å². The van der Waals surface area contributed by atoms with Crippen molar-refractivity contribution in [1.82, 2.24) is 9.97 Å². The zero-order valence-corrected chi connectivity index (χ0v) is 11.9. The molecule has 0 spiro atoms. The fourth-order valence-corrected chi connectivity index (χ4v) is 2.06. The van der Waals surface area contributed by atoms with Crippen LogP contribution >= 0.6 is 0 Å². The van der Waals surface area contributed by atoms with Gasteiger partial charge in [0.2, 0.25) is 11.6 Å². The third-order valence-corrected chi connectivity index (χ3v) is 3.42. The molecule has 0 amide bonds. The van der Waals surface area contributed by atoms with Gasteiger partial charge in [0.25, 0.3) is 0 Å². The molecule has 3 rings (SSSR count). The molecule has 2 aromatic rings. The molecule has 0 bridgehead atoms. The first-order valence-corrected chi connectivity index (χ1v) is 7.04. The third kappa shape index (κ3) is 3.02. The summed E-state index contributed by atoms with van der Waals surface area (Å²) in [6.45, 7) is 2.50. The van der Waals surface area contributed by atoms with Crippen LogP contribution in [0.2, 0.25) is 0 Å². The maximum absolute atomic E-state index is 11.9. The molecule has 5 nitrogen and oxygen atoms in total. The van der Waals surface area contributed by atoms with E-state index in [1.54, 1.807) is 13.0 Å². The summed E-state index contributed by atoms with van der Waals surface area (Å²) >= 11 is 0. The molecular weight excluding hydrogens is 266 g/mol. The summed E-state index contributed by atoms with van der Waals surface area (Å²) in [7, 11) is 0. The molecule has 108 valence electrons. The van der Waals surface area contributed by atoms with Crippen LogP contribution in [0, 0.1) is 5.92 Å². The van der Waals surface area contributed by atoms with E-state index in [0.29, 0.717) is 17.3 Å². The number of fused-ring (bicyclic) bond motifs is 1. The first-order chi connectivity index (χ1) is 10.2. The van der Waals surface area contributed by atoms with Gasteiger partial charge in [-0.05, 0) is 43.9 Å². The molecule has 1 aromatic carbocycles. The summed E-state index contributed by atoms with van der Waals surface area (Å²) in [6.07, 6.45) is 5.56. The monoisotopic (exact) mass is 283 g/mol. The Morgan fingerprint density at radius 3 is 2.95 bits per heavy atom. The van der Waals surface area contributed by atoms with Gasteiger partial charge in [0.1, 0.15) is 11.6 Å². The van der Waals surface area contributed by atoms with Gasteiger partial charge in [-0.3, -0.25) is 4.79 Å². The number of carbonyl (C=O) groups is 1. The minimum Gasteiger partial charge on any atom is -0.493 e. The molecule has 0 saturated heterocycles. The van der Waals surface area contributed by atoms with Crippen molar-refractivity contribution in [1.29, 1.82) is 0 Å². The fraction of sp³-hybridized carbons (Fsp3) is 0.312. The summed E-state index contributed by atoms with van der Waals surface area (Å²) in [6, 6.07) is 5.50. The summed E-state index contributed by atoms with van der Waals surface area (Å²) < 4.78 is 5.73. The number of benzene rings is 1. The molecule has 0 aliphatic heterocycles. The van der Waals surface area contributed by atoms with E-state index in [1.807, 2.05) is 18.2 Å². The predicted octanol–water partition coefficient (Wildman–Crippen LogP) is 2.76. The topological polar surface area (TPSA) is 78.1 Å². The van der Waals surface area contributed by atoms with Crippen molar-refractivity contribution < 1.29 is 9.53 Å². The Morgan fingerprint density at radius 1 is 1.43 bits per heavy atom. The van der Waals surface area contributed by atoms with Gasteiger partial charge in [0, 0.05) is 11.5 Å². The lowest BCUT2D eigenvalue weighted by molar-refractivity contribution is 0.103. The smallest absolute Gasteiger partial charge is 0.222 e. The van der Waals surface area contributed by atoms with E-state index in [1.165, 1.54) is 18.9 Å². The maximum Gasteiger partial charge on any atom is 0.222 e. The highest BCUT2D eigenvalue weighted by atomic mass is 16.5. The van der Waals surface area contributed by atoms with Crippen LogP contribution < -0.4 is 10.5 Å². The number of nitrogen functional groups attached to an aromatic ring is 1. The molecule has 21 heavy (non-hydrogen) atoms. The van der Waals surface area contributed by atoms with E-state index in [0.717, 1.165) is 17.7 Å². The van der Waals surface area contributed by atoms with Crippen LogP contribution in [-0.4, -0.2) is 22.4 Å². The van der Waals surface area contributed by atoms with Crippen LogP contribution in [0.1, 0.15) is 30.4 Å². The van der Waals surface area contributed by atoms with Gasteiger partial charge in [-0.2, -0.15) is 0 Å². The van der Waals surface area contributed by atoms with Gasteiger partial charge in [-0.15, -0.1) is 0 Å². The molecule has 1 aromatic heterocycles. The number of anilines is 1. The van der Waals surface area contributed by atoms with Gasteiger partial charge in [-0.1, -0.05) is 6.08 Å². The molecule has 5 heteroatoms. The third-order valence-electron chi connectivity index (χ3n) is 3.42. The van der Waals surface area contributed by atoms with E-state index in [-0.39, 0.29) is 11.6 Å². The predicted molar refractivity (Wildman–Crippen MR) is 81.3 cm³/mol. The Labute approximate surface area is 122 Å². The summed E-state index contributed by atoms with van der Waals surface area (Å²) in [5.74, 6) is 1.59. The van der Waals surface area contributed by atoms with E-state index in [4.69, 9.17) is 10.5 Å². The van der Waals surface area contributed by atoms with Crippen LogP contribution in [0.3, 0.4) is 0 Å². The van der Waals surface area contributed by atoms with Crippen molar-refractivity contribution in [2.75, 3.05) is 12.3 Å². The van der Waals surface area contributed by atoms with Crippen molar-refractivity contribution in [3.05, 3.63) is 36.2 Å². The van der Waals surface area contributed by atoms with Gasteiger partial charge in [0.15, 0.2) is 0 Å². The maximum atomic E-state index is 11.9. The van der Waals surface area contributed by atoms with Gasteiger partial charge >= 0.3 is 0 Å². The molecule has 1 fully saturated rings. The lowest BCUT2D eigenvalue weighted by Gasteiger charge is -2.08. The van der Waals surface area contributed by atoms with Crippen molar-refractivity contribution in [3.63, 3.8) is 0 Å². The Morgan fingerprint density at radius 2 is 2.24 bits per heavy atom. The number of nitrogens with zero attached hydrogens (tertiary/aromatic N) is 2. The van der Waals surface area contributed by atoms with Crippen LogP contribution in [0.5, 0.6) is 5.75 Å². The molecule has 0 atom stereocenters. The van der Waals surface area contributed by atoms with Crippen molar-refractivity contribution >= 4 is 22.5 Å². The first kappa shape index (κ1) is 13.5. The van der Waals surface area contributed by atoms with Crippen molar-refractivity contribution in [2.24, 2.45) is 5.92 Å². The molecule has 1 heterocycles. The van der Waals surface area contributed by atoms with Crippen LogP contribution in [0.25, 0.3) is 10.9 Å². The molecule has 1 saturated carbocycles.